The van der Waals surface area contributed by atoms with Gasteiger partial charge in [0.1, 0.15) is 18.2 Å². The standard InChI is InChI=1S/C23H22Cl2FN5O2.2ClH/c1-12(19-17(24)2-3-18(26)20(19)25)33-22-21-15(9-29-23(22)27)16(11-32-21)13-8-30-31(10-13)14-4-6-28-7-5-14;;/h2-3,8-12,14,28H,4-7H2,1H3,(H2,27,29);2*1H/t12-;;/m1../s1. The number of piperidine rings is 1. The predicted molar refractivity (Wildman–Crippen MR) is 141 cm³/mol. The third-order valence-electron chi connectivity index (χ3n) is 5.98. The monoisotopic (exact) mass is 561 g/mol. The van der Waals surface area contributed by atoms with Gasteiger partial charge in [0.2, 0.25) is 5.75 Å². The number of pyridine rings is 1. The molecule has 0 aliphatic carbocycles. The first-order valence-corrected chi connectivity index (χ1v) is 11.4. The third-order valence-corrected chi connectivity index (χ3v) is 6.69. The Morgan fingerprint density at radius 2 is 1.97 bits per heavy atom. The number of anilines is 1. The lowest BCUT2D eigenvalue weighted by Crippen LogP contribution is -2.29. The Morgan fingerprint density at radius 1 is 1.23 bits per heavy atom. The second-order valence-corrected chi connectivity index (χ2v) is 8.86. The molecule has 1 saturated heterocycles. The zero-order valence-electron chi connectivity index (χ0n) is 18.6. The number of hydrogen-bond donors (Lipinski definition) is 2. The number of nitrogens with two attached hydrogens (primary N) is 1. The average molecular weight is 563 g/mol. The molecular weight excluding hydrogens is 539 g/mol. The van der Waals surface area contributed by atoms with Gasteiger partial charge in [0.25, 0.3) is 0 Å². The minimum atomic E-state index is -0.702. The van der Waals surface area contributed by atoms with Crippen LogP contribution in [0.25, 0.3) is 22.1 Å². The fraction of sp³-hybridized carbons (Fsp3) is 0.304. The van der Waals surface area contributed by atoms with Crippen LogP contribution in [0.15, 0.2) is 41.4 Å². The molecule has 3 aromatic heterocycles. The van der Waals surface area contributed by atoms with Gasteiger partial charge < -0.3 is 20.2 Å². The van der Waals surface area contributed by atoms with Crippen molar-refractivity contribution in [2.45, 2.75) is 31.9 Å². The topological polar surface area (TPSA) is 91.1 Å². The number of hydrogen-bond acceptors (Lipinski definition) is 6. The number of nitrogens with one attached hydrogen (secondary N) is 1. The summed E-state index contributed by atoms with van der Waals surface area (Å²) in [5.74, 6) is -0.195. The molecule has 1 fully saturated rings. The van der Waals surface area contributed by atoms with Crippen molar-refractivity contribution < 1.29 is 13.5 Å². The summed E-state index contributed by atoms with van der Waals surface area (Å²) in [5.41, 5.74) is 8.61. The maximum Gasteiger partial charge on any atom is 0.205 e. The van der Waals surface area contributed by atoms with Gasteiger partial charge in [0.15, 0.2) is 11.4 Å². The molecule has 0 radical (unpaired) electrons. The lowest BCUT2D eigenvalue weighted by Gasteiger charge is -2.22. The normalized spacial score (nSPS) is 14.9. The summed E-state index contributed by atoms with van der Waals surface area (Å²) in [7, 11) is 0. The highest BCUT2D eigenvalue weighted by atomic mass is 35.5. The number of benzene rings is 1. The third kappa shape index (κ3) is 5.17. The minimum Gasteiger partial charge on any atom is -0.478 e. The molecule has 12 heteroatoms. The van der Waals surface area contributed by atoms with Crippen LogP contribution >= 0.6 is 48.0 Å². The summed E-state index contributed by atoms with van der Waals surface area (Å²) in [4.78, 5) is 4.29. The van der Waals surface area contributed by atoms with E-state index in [1.165, 1.54) is 12.1 Å². The number of furan rings is 1. The maximum atomic E-state index is 14.0. The predicted octanol–water partition coefficient (Wildman–Crippen LogP) is 6.63. The Kier molecular flexibility index (Phi) is 8.77. The van der Waals surface area contributed by atoms with E-state index in [-0.39, 0.29) is 46.4 Å². The molecule has 0 unspecified atom stereocenters. The van der Waals surface area contributed by atoms with E-state index in [0.717, 1.165) is 42.4 Å². The molecule has 1 aliphatic heterocycles. The Hall–Kier alpha value is -2.23. The Balaban J connectivity index is 0.00000171. The van der Waals surface area contributed by atoms with Crippen LogP contribution in [0.5, 0.6) is 5.75 Å². The van der Waals surface area contributed by atoms with E-state index in [1.54, 1.807) is 19.4 Å². The van der Waals surface area contributed by atoms with E-state index in [0.29, 0.717) is 17.2 Å². The van der Waals surface area contributed by atoms with E-state index in [1.807, 2.05) is 17.1 Å². The summed E-state index contributed by atoms with van der Waals surface area (Å²) in [6.07, 6.45) is 8.48. The average Bonchev–Trinajstić information content (AvgIpc) is 3.46. The molecule has 7 nitrogen and oxygen atoms in total. The summed E-state index contributed by atoms with van der Waals surface area (Å²) >= 11 is 12.4. The molecule has 35 heavy (non-hydrogen) atoms. The van der Waals surface area contributed by atoms with E-state index in [2.05, 4.69) is 15.4 Å². The highest BCUT2D eigenvalue weighted by Crippen LogP contribution is 2.41. The molecular formula is C23H24Cl4FN5O2. The molecule has 0 spiro atoms. The number of nitrogens with zero attached hydrogens (tertiary/aromatic N) is 3. The smallest absolute Gasteiger partial charge is 0.205 e. The molecule has 0 bridgehead atoms. The first kappa shape index (κ1) is 27.4. The van der Waals surface area contributed by atoms with Gasteiger partial charge >= 0.3 is 0 Å². The van der Waals surface area contributed by atoms with Crippen molar-refractivity contribution in [2.24, 2.45) is 0 Å². The highest BCUT2D eigenvalue weighted by molar-refractivity contribution is 6.36. The summed E-state index contributed by atoms with van der Waals surface area (Å²) < 4.78 is 27.9. The van der Waals surface area contributed by atoms with Crippen molar-refractivity contribution in [3.8, 4) is 16.9 Å². The first-order valence-electron chi connectivity index (χ1n) is 10.6. The lowest BCUT2D eigenvalue weighted by atomic mass is 10.1. The van der Waals surface area contributed by atoms with Gasteiger partial charge in [-0.15, -0.1) is 24.8 Å². The van der Waals surface area contributed by atoms with E-state index in [9.17, 15) is 4.39 Å². The molecule has 1 aliphatic rings. The molecule has 0 amide bonds. The minimum absolute atomic E-state index is 0. The Labute approximate surface area is 223 Å². The van der Waals surface area contributed by atoms with E-state index < -0.39 is 11.9 Å². The van der Waals surface area contributed by atoms with Crippen LogP contribution in [0.1, 0.15) is 37.5 Å². The SMILES string of the molecule is C[C@@H](Oc1c(N)ncc2c(-c3cnn(C4CCNCC4)c3)coc12)c1c(Cl)ccc(F)c1Cl.Cl.Cl. The fourth-order valence-electron chi connectivity index (χ4n) is 4.22. The van der Waals surface area contributed by atoms with Crippen molar-refractivity contribution in [2.75, 3.05) is 18.8 Å². The molecule has 4 heterocycles. The summed E-state index contributed by atoms with van der Waals surface area (Å²) in [6.45, 7) is 3.67. The number of nitrogen functional groups attached to an aromatic ring is 1. The van der Waals surface area contributed by atoms with Crippen LogP contribution in [0.4, 0.5) is 10.2 Å². The molecule has 1 aromatic carbocycles. The van der Waals surface area contributed by atoms with Crippen molar-refractivity contribution in [1.82, 2.24) is 20.1 Å². The lowest BCUT2D eigenvalue weighted by molar-refractivity contribution is 0.227. The van der Waals surface area contributed by atoms with Gasteiger partial charge in [-0.3, -0.25) is 4.68 Å². The number of rotatable bonds is 5. The maximum absolute atomic E-state index is 14.0. The fourth-order valence-corrected chi connectivity index (χ4v) is 4.89. The molecule has 3 N–H and O–H groups in total. The first-order chi connectivity index (χ1) is 15.9. The molecule has 0 saturated carbocycles. The Bertz CT molecular complexity index is 1320. The number of halogens is 5. The largest absolute Gasteiger partial charge is 0.478 e. The molecule has 4 aromatic rings. The van der Waals surface area contributed by atoms with E-state index in [4.69, 9.17) is 38.1 Å². The second-order valence-electron chi connectivity index (χ2n) is 8.07. The number of fused-ring (bicyclic) bond motifs is 1. The summed E-state index contributed by atoms with van der Waals surface area (Å²) in [5, 5.41) is 8.85. The van der Waals surface area contributed by atoms with Crippen LogP contribution < -0.4 is 15.8 Å². The van der Waals surface area contributed by atoms with Gasteiger partial charge in [-0.2, -0.15) is 5.10 Å². The zero-order valence-corrected chi connectivity index (χ0v) is 21.8. The zero-order chi connectivity index (χ0) is 23.1. The highest BCUT2D eigenvalue weighted by Gasteiger charge is 2.24. The van der Waals surface area contributed by atoms with Gasteiger partial charge in [-0.1, -0.05) is 23.2 Å². The van der Waals surface area contributed by atoms with Crippen molar-refractivity contribution in [3.63, 3.8) is 0 Å². The van der Waals surface area contributed by atoms with Gasteiger partial charge in [-0.05, 0) is 45.0 Å². The van der Waals surface area contributed by atoms with Crippen LogP contribution in [-0.2, 0) is 0 Å². The van der Waals surface area contributed by atoms with Crippen LogP contribution in [-0.4, -0.2) is 27.9 Å². The van der Waals surface area contributed by atoms with Crippen LogP contribution in [0, 0.1) is 5.82 Å². The Morgan fingerprint density at radius 3 is 2.71 bits per heavy atom. The summed E-state index contributed by atoms with van der Waals surface area (Å²) in [6, 6.07) is 3.01. The number of aromatic nitrogens is 3. The van der Waals surface area contributed by atoms with Gasteiger partial charge in [0, 0.05) is 34.1 Å². The molecule has 188 valence electrons. The van der Waals surface area contributed by atoms with Gasteiger partial charge in [0.05, 0.1) is 22.6 Å². The van der Waals surface area contributed by atoms with Crippen molar-refractivity contribution in [3.05, 3.63) is 58.4 Å². The second kappa shape index (κ2) is 11.2. The molecule has 5 rings (SSSR count). The van der Waals surface area contributed by atoms with Crippen LogP contribution in [0.3, 0.4) is 0 Å². The quantitative estimate of drug-likeness (QED) is 0.265. The molecule has 1 atom stereocenters. The van der Waals surface area contributed by atoms with E-state index >= 15 is 0 Å². The van der Waals surface area contributed by atoms with Gasteiger partial charge in [-0.25, -0.2) is 9.37 Å². The van der Waals surface area contributed by atoms with Crippen LogP contribution in [0.2, 0.25) is 10.0 Å². The van der Waals surface area contributed by atoms with Crippen molar-refractivity contribution >= 4 is 64.8 Å². The van der Waals surface area contributed by atoms with Crippen molar-refractivity contribution in [1.29, 1.82) is 0 Å². The number of ether oxygens (including phenoxy) is 1.